The maximum absolute atomic E-state index is 12.9. The zero-order valence-corrected chi connectivity index (χ0v) is 32.9. The van der Waals surface area contributed by atoms with Crippen LogP contribution in [0.3, 0.4) is 0 Å². The Morgan fingerprint density at radius 3 is 2.28 bits per heavy atom. The van der Waals surface area contributed by atoms with Crippen molar-refractivity contribution in [1.82, 2.24) is 4.90 Å². The summed E-state index contributed by atoms with van der Waals surface area (Å²) in [7, 11) is 0. The van der Waals surface area contributed by atoms with Crippen molar-refractivity contribution in [2.24, 2.45) is 50.7 Å². The summed E-state index contributed by atoms with van der Waals surface area (Å²) in [5, 5.41) is 11.0. The Morgan fingerprint density at radius 2 is 1.62 bits per heavy atom. The van der Waals surface area contributed by atoms with E-state index in [4.69, 9.17) is 23.7 Å². The zero-order valence-electron chi connectivity index (χ0n) is 32.9. The number of morpholine rings is 1. The first-order chi connectivity index (χ1) is 23.1. The Bertz CT molecular complexity index is 1350. The van der Waals surface area contributed by atoms with Crippen molar-refractivity contribution in [1.29, 1.82) is 0 Å². The number of aliphatic hydroxyl groups is 1. The van der Waals surface area contributed by atoms with Crippen molar-refractivity contribution in [3.8, 4) is 0 Å². The molecule has 2 heterocycles. The van der Waals surface area contributed by atoms with Crippen molar-refractivity contribution in [3.05, 3.63) is 0 Å². The van der Waals surface area contributed by atoms with Crippen LogP contribution in [0.5, 0.6) is 0 Å². The number of hydrogen-bond acceptors (Lipinski definition) is 8. The number of rotatable bonds is 5. The highest BCUT2D eigenvalue weighted by molar-refractivity contribution is 5.68. The molecule has 9 heteroatoms. The van der Waals surface area contributed by atoms with Crippen LogP contribution < -0.4 is 0 Å². The van der Waals surface area contributed by atoms with Crippen LogP contribution in [-0.2, 0) is 28.5 Å². The summed E-state index contributed by atoms with van der Waals surface area (Å²) in [6.45, 7) is 24.4. The van der Waals surface area contributed by atoms with Gasteiger partial charge in [0.05, 0.1) is 37.1 Å². The molecule has 0 aromatic heterocycles. The van der Waals surface area contributed by atoms with Crippen molar-refractivity contribution < 1.29 is 38.4 Å². The van der Waals surface area contributed by atoms with Crippen molar-refractivity contribution in [2.45, 2.75) is 176 Å². The number of hydrogen-bond donors (Lipinski definition) is 1. The van der Waals surface area contributed by atoms with Gasteiger partial charge in [0.2, 0.25) is 0 Å². The lowest BCUT2D eigenvalue weighted by Gasteiger charge is -2.63. The Kier molecular flexibility index (Phi) is 8.70. The van der Waals surface area contributed by atoms with Crippen LogP contribution in [-0.4, -0.2) is 83.7 Å². The van der Waals surface area contributed by atoms with E-state index in [1.807, 2.05) is 20.8 Å². The van der Waals surface area contributed by atoms with E-state index in [1.165, 1.54) is 45.4 Å². The van der Waals surface area contributed by atoms with Gasteiger partial charge >= 0.3 is 12.1 Å². The van der Waals surface area contributed by atoms with E-state index >= 15 is 0 Å². The fraction of sp³-hybridized carbons (Fsp3) is 0.951. The number of carbonyl (C=O) groups is 2. The Labute approximate surface area is 301 Å². The second-order valence-electron chi connectivity index (χ2n) is 20.6. The van der Waals surface area contributed by atoms with Gasteiger partial charge in [-0.3, -0.25) is 4.79 Å². The first-order valence-corrected chi connectivity index (χ1v) is 19.9. The molecule has 2 saturated heterocycles. The monoisotopic (exact) mass is 701 g/mol. The fourth-order valence-corrected chi connectivity index (χ4v) is 14.0. The second-order valence-corrected chi connectivity index (χ2v) is 20.6. The molecule has 2 spiro atoms. The van der Waals surface area contributed by atoms with E-state index in [1.54, 1.807) is 18.7 Å². The molecule has 0 aromatic carbocycles. The summed E-state index contributed by atoms with van der Waals surface area (Å²) in [5.74, 6) is 1.78. The largest absolute Gasteiger partial charge is 0.457 e. The van der Waals surface area contributed by atoms with Crippen LogP contribution in [0.15, 0.2) is 0 Å². The number of amides is 1. The molecule has 1 amide bonds. The molecule has 0 radical (unpaired) electrons. The molecule has 0 bridgehead atoms. The number of esters is 1. The predicted octanol–water partition coefficient (Wildman–Crippen LogP) is 7.51. The topological polar surface area (TPSA) is 104 Å². The van der Waals surface area contributed by atoms with Crippen LogP contribution in [0.4, 0.5) is 4.79 Å². The van der Waals surface area contributed by atoms with Crippen LogP contribution in [0.1, 0.15) is 134 Å². The molecule has 5 saturated carbocycles. The lowest BCUT2D eigenvalue weighted by atomic mass is 9.41. The van der Waals surface area contributed by atoms with Gasteiger partial charge in [-0.15, -0.1) is 0 Å². The maximum Gasteiger partial charge on any atom is 0.410 e. The molecule has 2 aliphatic heterocycles. The van der Waals surface area contributed by atoms with Gasteiger partial charge < -0.3 is 33.7 Å². The van der Waals surface area contributed by atoms with E-state index in [0.717, 1.165) is 19.3 Å². The van der Waals surface area contributed by atoms with Gasteiger partial charge in [0.25, 0.3) is 0 Å². The lowest BCUT2D eigenvalue weighted by Crippen LogP contribution is -2.59. The summed E-state index contributed by atoms with van der Waals surface area (Å²) in [4.78, 5) is 26.7. The third-order valence-electron chi connectivity index (χ3n) is 16.0. The molecular weight excluding hydrogens is 634 g/mol. The van der Waals surface area contributed by atoms with Gasteiger partial charge in [-0.1, -0.05) is 34.6 Å². The predicted molar refractivity (Wildman–Crippen MR) is 189 cm³/mol. The number of carbonyl (C=O) groups excluding carboxylic acids is 2. The molecule has 7 aliphatic rings. The molecule has 7 fully saturated rings. The lowest BCUT2D eigenvalue weighted by molar-refractivity contribution is -0.245. The Hall–Kier alpha value is -1.42. The van der Waals surface area contributed by atoms with Gasteiger partial charge in [-0.2, -0.15) is 0 Å². The van der Waals surface area contributed by atoms with Gasteiger partial charge in [0, 0.05) is 13.5 Å². The molecule has 7 rings (SSSR count). The summed E-state index contributed by atoms with van der Waals surface area (Å²) in [6, 6.07) is 0. The first-order valence-electron chi connectivity index (χ1n) is 19.9. The highest BCUT2D eigenvalue weighted by Gasteiger charge is 2.83. The van der Waals surface area contributed by atoms with Crippen molar-refractivity contribution in [2.75, 3.05) is 19.7 Å². The molecule has 284 valence electrons. The third-order valence-corrected chi connectivity index (χ3v) is 16.0. The molecule has 5 unspecified atom stereocenters. The number of nitrogens with zero attached hydrogens (tertiary/aromatic N) is 1. The first kappa shape index (κ1) is 36.9. The van der Waals surface area contributed by atoms with Crippen molar-refractivity contribution >= 4 is 12.1 Å². The van der Waals surface area contributed by atoms with E-state index < -0.39 is 23.6 Å². The highest BCUT2D eigenvalue weighted by Crippen LogP contribution is 2.89. The second kappa shape index (κ2) is 11.8. The highest BCUT2D eigenvalue weighted by atomic mass is 16.7. The SMILES string of the molecule is CC(=O)O[C@@H](C1C[C@@H](C)[C@H]2C(C[C@@]3(C)C4CC[C@H]5C(C)(C)[C@@H](OC6CN(C(=O)OC(C)(C)C)CCO6)CC[C@@]56C[C@@]46CCC23C)O1)C(C)(C)O. The fourth-order valence-electron chi connectivity index (χ4n) is 14.0. The molecule has 1 N–H and O–H groups in total. The molecule has 0 aromatic rings. The van der Waals surface area contributed by atoms with E-state index in [-0.39, 0.29) is 46.6 Å². The van der Waals surface area contributed by atoms with E-state index in [2.05, 4.69) is 34.6 Å². The molecule has 9 nitrogen and oxygen atoms in total. The van der Waals surface area contributed by atoms with Crippen LogP contribution in [0.25, 0.3) is 0 Å². The molecule has 13 atom stereocenters. The minimum atomic E-state index is -1.18. The smallest absolute Gasteiger partial charge is 0.410 e. The average molecular weight is 702 g/mol. The minimum absolute atomic E-state index is 0.00324. The molecule has 50 heavy (non-hydrogen) atoms. The van der Waals surface area contributed by atoms with Crippen LogP contribution >= 0.6 is 0 Å². The summed E-state index contributed by atoms with van der Waals surface area (Å²) in [6.07, 6.45) is 8.91. The Morgan fingerprint density at radius 1 is 0.940 bits per heavy atom. The standard InChI is InChI=1S/C41H67NO8/c1-24-20-26(33(37(8,9)45)47-25(2)43)48-27-21-39(11)29-13-12-28-36(6,7)30(49-31-22-42(18-19-46-31)34(44)50-35(3,4)5)14-15-40(28)23-41(29,40)17-16-38(39,10)32(24)27/h24,26-33,45H,12-23H2,1-11H3/t24-,26?,27?,28+,29?,30+,31?,32+,33+,38?,39+,40-,41+/m1/s1. The summed E-state index contributed by atoms with van der Waals surface area (Å²) in [5.41, 5.74) is -0.608. The van der Waals surface area contributed by atoms with Gasteiger partial charge in [-0.25, -0.2) is 4.79 Å². The maximum atomic E-state index is 12.9. The number of ether oxygens (including phenoxy) is 5. The van der Waals surface area contributed by atoms with Gasteiger partial charge in [-0.05, 0) is 143 Å². The van der Waals surface area contributed by atoms with Gasteiger partial charge in [0.15, 0.2) is 12.4 Å². The van der Waals surface area contributed by atoms with Crippen LogP contribution in [0.2, 0.25) is 0 Å². The quantitative estimate of drug-likeness (QED) is 0.294. The molecule has 5 aliphatic carbocycles. The number of fused-ring (bicyclic) bond motifs is 4. The summed E-state index contributed by atoms with van der Waals surface area (Å²) >= 11 is 0. The van der Waals surface area contributed by atoms with Gasteiger partial charge in [0.1, 0.15) is 5.60 Å². The van der Waals surface area contributed by atoms with Crippen LogP contribution in [0, 0.1) is 50.7 Å². The van der Waals surface area contributed by atoms with Crippen molar-refractivity contribution in [3.63, 3.8) is 0 Å². The molecular formula is C41H67NO8. The Balaban J connectivity index is 1.07. The van der Waals surface area contributed by atoms with E-state index in [0.29, 0.717) is 54.2 Å². The normalized spacial score (nSPS) is 47.1. The summed E-state index contributed by atoms with van der Waals surface area (Å²) < 4.78 is 31.3. The zero-order chi connectivity index (χ0) is 36.4. The minimum Gasteiger partial charge on any atom is -0.457 e. The van der Waals surface area contributed by atoms with E-state index in [9.17, 15) is 14.7 Å². The third kappa shape index (κ3) is 5.51. The average Bonchev–Trinajstić information content (AvgIpc) is 3.59.